The molecule has 0 aliphatic carbocycles. The minimum atomic E-state index is -0.189. The first kappa shape index (κ1) is 22.3. The molecule has 0 aliphatic heterocycles. The van der Waals surface area contributed by atoms with E-state index in [4.69, 9.17) is 23.4 Å². The molecule has 2 aromatic carbocycles. The molecule has 0 fully saturated rings. The molecular formula is C21H23N3O6S. The predicted molar refractivity (Wildman–Crippen MR) is 115 cm³/mol. The van der Waals surface area contributed by atoms with Gasteiger partial charge in [-0.1, -0.05) is 11.8 Å². The molecule has 0 saturated carbocycles. The van der Waals surface area contributed by atoms with Crippen molar-refractivity contribution in [1.82, 2.24) is 15.5 Å². The van der Waals surface area contributed by atoms with E-state index in [2.05, 4.69) is 15.5 Å². The summed E-state index contributed by atoms with van der Waals surface area (Å²) < 4.78 is 26.7. The second-order valence-corrected chi connectivity index (χ2v) is 7.11. The number of aromatic nitrogens is 2. The third-order valence-corrected chi connectivity index (χ3v) is 5.15. The molecule has 1 N–H and O–H groups in total. The fourth-order valence-corrected chi connectivity index (χ4v) is 3.31. The number of benzene rings is 2. The summed E-state index contributed by atoms with van der Waals surface area (Å²) >= 11 is 1.16. The molecule has 164 valence electrons. The monoisotopic (exact) mass is 445 g/mol. The number of amides is 1. The molecule has 1 heterocycles. The molecule has 1 amide bonds. The number of carbonyl (C=O) groups excluding carboxylic acids is 1. The quantitative estimate of drug-likeness (QED) is 0.471. The maximum atomic E-state index is 12.3. The van der Waals surface area contributed by atoms with Crippen molar-refractivity contribution in [2.45, 2.75) is 11.8 Å². The van der Waals surface area contributed by atoms with Gasteiger partial charge in [0.05, 0.1) is 34.2 Å². The highest BCUT2D eigenvalue weighted by atomic mass is 32.2. The van der Waals surface area contributed by atoms with Gasteiger partial charge in [-0.15, -0.1) is 10.2 Å². The van der Waals surface area contributed by atoms with Gasteiger partial charge in [0.25, 0.3) is 5.22 Å². The number of thioether (sulfide) groups is 1. The van der Waals surface area contributed by atoms with E-state index in [1.165, 1.54) is 0 Å². The summed E-state index contributed by atoms with van der Waals surface area (Å²) in [7, 11) is 6.25. The van der Waals surface area contributed by atoms with Crippen molar-refractivity contribution in [3.8, 4) is 34.5 Å². The van der Waals surface area contributed by atoms with Crippen LogP contribution in [0.2, 0.25) is 0 Å². The largest absolute Gasteiger partial charge is 0.497 e. The van der Waals surface area contributed by atoms with Crippen LogP contribution in [-0.2, 0) is 11.3 Å². The molecule has 10 heteroatoms. The zero-order chi connectivity index (χ0) is 22.2. The zero-order valence-electron chi connectivity index (χ0n) is 17.6. The Balaban J connectivity index is 1.56. The second kappa shape index (κ2) is 10.6. The van der Waals surface area contributed by atoms with E-state index in [0.29, 0.717) is 28.4 Å². The molecular weight excluding hydrogens is 422 g/mol. The van der Waals surface area contributed by atoms with Crippen molar-refractivity contribution in [2.24, 2.45) is 0 Å². The maximum absolute atomic E-state index is 12.3. The van der Waals surface area contributed by atoms with E-state index in [9.17, 15) is 4.79 Å². The first-order valence-electron chi connectivity index (χ1n) is 9.24. The molecule has 0 atom stereocenters. The fraction of sp³-hybridized carbons (Fsp3) is 0.286. The molecule has 0 unspecified atom stereocenters. The molecule has 0 radical (unpaired) electrons. The fourth-order valence-electron chi connectivity index (χ4n) is 2.72. The normalized spacial score (nSPS) is 10.5. The van der Waals surface area contributed by atoms with Crippen LogP contribution in [0.5, 0.6) is 23.0 Å². The van der Waals surface area contributed by atoms with Crippen molar-refractivity contribution < 1.29 is 28.2 Å². The Hall–Kier alpha value is -3.40. The van der Waals surface area contributed by atoms with Gasteiger partial charge in [0.15, 0.2) is 11.5 Å². The van der Waals surface area contributed by atoms with Gasteiger partial charge >= 0.3 is 0 Å². The number of ether oxygens (including phenoxy) is 4. The first-order valence-corrected chi connectivity index (χ1v) is 10.2. The van der Waals surface area contributed by atoms with Gasteiger partial charge in [-0.2, -0.15) is 0 Å². The van der Waals surface area contributed by atoms with Crippen LogP contribution < -0.4 is 24.3 Å². The third-order valence-electron chi connectivity index (χ3n) is 4.33. The Bertz CT molecular complexity index is 1020. The molecule has 0 saturated heterocycles. The molecule has 3 aromatic rings. The van der Waals surface area contributed by atoms with E-state index in [0.717, 1.165) is 28.6 Å². The lowest BCUT2D eigenvalue weighted by Gasteiger charge is -2.14. The second-order valence-electron chi connectivity index (χ2n) is 6.19. The minimum Gasteiger partial charge on any atom is -0.497 e. The lowest BCUT2D eigenvalue weighted by Crippen LogP contribution is -2.24. The van der Waals surface area contributed by atoms with Gasteiger partial charge in [0.1, 0.15) is 11.5 Å². The number of nitrogens with zero attached hydrogens (tertiary/aromatic N) is 2. The van der Waals surface area contributed by atoms with Crippen molar-refractivity contribution in [3.05, 3.63) is 42.0 Å². The van der Waals surface area contributed by atoms with E-state index in [-0.39, 0.29) is 18.2 Å². The van der Waals surface area contributed by atoms with Crippen LogP contribution in [0, 0.1) is 0 Å². The minimum absolute atomic E-state index is 0.125. The Morgan fingerprint density at radius 3 is 2.26 bits per heavy atom. The molecule has 0 spiro atoms. The Labute approximate surface area is 184 Å². The number of methoxy groups -OCH3 is 4. The standard InChI is InChI=1S/C21H23N3O6S/c1-26-15-7-5-13(6-8-15)20-23-24-21(30-20)31-12-19(25)22-11-14-9-17(28-3)18(29-4)10-16(14)27-2/h5-10H,11-12H2,1-4H3,(H,22,25). The summed E-state index contributed by atoms with van der Waals surface area (Å²) in [5.41, 5.74) is 1.53. The van der Waals surface area contributed by atoms with E-state index in [1.54, 1.807) is 40.6 Å². The van der Waals surface area contributed by atoms with E-state index in [1.807, 2.05) is 24.3 Å². The first-order chi connectivity index (χ1) is 15.1. The van der Waals surface area contributed by atoms with Crippen LogP contribution in [0.25, 0.3) is 11.5 Å². The lowest BCUT2D eigenvalue weighted by molar-refractivity contribution is -0.118. The summed E-state index contributed by atoms with van der Waals surface area (Å²) in [5, 5.41) is 11.2. The van der Waals surface area contributed by atoms with Crippen LogP contribution >= 0.6 is 11.8 Å². The molecule has 0 bridgehead atoms. The number of carbonyl (C=O) groups is 1. The number of hydrogen-bond donors (Lipinski definition) is 1. The molecule has 9 nitrogen and oxygen atoms in total. The summed E-state index contributed by atoms with van der Waals surface area (Å²) in [6, 6.07) is 10.7. The van der Waals surface area contributed by atoms with Crippen molar-refractivity contribution in [2.75, 3.05) is 34.2 Å². The van der Waals surface area contributed by atoms with Crippen molar-refractivity contribution >= 4 is 17.7 Å². The molecule has 1 aromatic heterocycles. The highest BCUT2D eigenvalue weighted by Crippen LogP contribution is 2.34. The molecule has 31 heavy (non-hydrogen) atoms. The molecule has 0 aliphatic rings. The van der Waals surface area contributed by atoms with Crippen LogP contribution in [0.1, 0.15) is 5.56 Å². The SMILES string of the molecule is COc1ccc(-c2nnc(SCC(=O)NCc3cc(OC)c(OC)cc3OC)o2)cc1. The van der Waals surface area contributed by atoms with Crippen LogP contribution in [0.15, 0.2) is 46.0 Å². The Morgan fingerprint density at radius 1 is 0.935 bits per heavy atom. The Morgan fingerprint density at radius 2 is 1.61 bits per heavy atom. The lowest BCUT2D eigenvalue weighted by atomic mass is 10.1. The highest BCUT2D eigenvalue weighted by Gasteiger charge is 2.14. The van der Waals surface area contributed by atoms with Gasteiger partial charge in [0, 0.05) is 23.7 Å². The van der Waals surface area contributed by atoms with Gasteiger partial charge in [0.2, 0.25) is 11.8 Å². The summed E-state index contributed by atoms with van der Waals surface area (Å²) in [6.07, 6.45) is 0. The Kier molecular flexibility index (Phi) is 7.60. The van der Waals surface area contributed by atoms with E-state index < -0.39 is 0 Å². The molecule has 3 rings (SSSR count). The number of nitrogens with one attached hydrogen (secondary N) is 1. The summed E-state index contributed by atoms with van der Waals surface area (Å²) in [5.74, 6) is 2.74. The predicted octanol–water partition coefficient (Wildman–Crippen LogP) is 3.18. The highest BCUT2D eigenvalue weighted by molar-refractivity contribution is 7.99. The van der Waals surface area contributed by atoms with Gasteiger partial charge in [-0.05, 0) is 30.3 Å². The topological polar surface area (TPSA) is 105 Å². The summed E-state index contributed by atoms with van der Waals surface area (Å²) in [4.78, 5) is 12.3. The zero-order valence-corrected chi connectivity index (χ0v) is 18.4. The van der Waals surface area contributed by atoms with Gasteiger partial charge in [-0.3, -0.25) is 4.79 Å². The average molecular weight is 445 g/mol. The summed E-state index contributed by atoms with van der Waals surface area (Å²) in [6.45, 7) is 0.268. The van der Waals surface area contributed by atoms with Crippen LogP contribution in [0.4, 0.5) is 0 Å². The maximum Gasteiger partial charge on any atom is 0.277 e. The number of rotatable bonds is 10. The van der Waals surface area contributed by atoms with Gasteiger partial charge in [-0.25, -0.2) is 0 Å². The van der Waals surface area contributed by atoms with Gasteiger partial charge < -0.3 is 28.7 Å². The van der Waals surface area contributed by atoms with Crippen LogP contribution in [-0.4, -0.2) is 50.3 Å². The number of hydrogen-bond acceptors (Lipinski definition) is 9. The average Bonchev–Trinajstić information content (AvgIpc) is 3.29. The van der Waals surface area contributed by atoms with Crippen LogP contribution in [0.3, 0.4) is 0 Å². The van der Waals surface area contributed by atoms with E-state index >= 15 is 0 Å². The third kappa shape index (κ3) is 5.60. The smallest absolute Gasteiger partial charge is 0.277 e. The van der Waals surface area contributed by atoms with Crippen molar-refractivity contribution in [1.29, 1.82) is 0 Å². The van der Waals surface area contributed by atoms with Crippen molar-refractivity contribution in [3.63, 3.8) is 0 Å².